The number of nitriles is 1. The highest BCUT2D eigenvalue weighted by Crippen LogP contribution is 2.37. The van der Waals surface area contributed by atoms with Crippen LogP contribution in [0.25, 0.3) is 6.08 Å². The van der Waals surface area contributed by atoms with Crippen molar-refractivity contribution < 1.29 is 19.0 Å². The maximum atomic E-state index is 12.7. The maximum Gasteiger partial charge on any atom is 0.266 e. The van der Waals surface area contributed by atoms with E-state index < -0.39 is 5.91 Å². The van der Waals surface area contributed by atoms with Crippen molar-refractivity contribution in [3.05, 3.63) is 86.9 Å². The summed E-state index contributed by atoms with van der Waals surface area (Å²) in [6, 6.07) is 19.9. The molecule has 0 aliphatic rings. The number of ether oxygens (including phenoxy) is 3. The van der Waals surface area contributed by atoms with Crippen LogP contribution in [-0.2, 0) is 11.4 Å². The first-order chi connectivity index (χ1) is 16.4. The average Bonchev–Trinajstić information content (AvgIpc) is 2.83. The van der Waals surface area contributed by atoms with E-state index in [-0.39, 0.29) is 5.57 Å². The van der Waals surface area contributed by atoms with Crippen LogP contribution < -0.4 is 19.5 Å². The Labute approximate surface area is 211 Å². The van der Waals surface area contributed by atoms with Crippen LogP contribution in [0, 0.1) is 11.3 Å². The molecule has 0 unspecified atom stereocenters. The highest BCUT2D eigenvalue weighted by Gasteiger charge is 2.15. The Morgan fingerprint density at radius 2 is 1.91 bits per heavy atom. The van der Waals surface area contributed by atoms with E-state index in [1.165, 1.54) is 13.2 Å². The van der Waals surface area contributed by atoms with Gasteiger partial charge in [0, 0.05) is 16.2 Å². The summed E-state index contributed by atoms with van der Waals surface area (Å²) in [7, 11) is 1.49. The molecule has 8 heteroatoms. The fraction of sp³-hybridized carbons (Fsp3) is 0.154. The second kappa shape index (κ2) is 12.1. The zero-order chi connectivity index (χ0) is 24.5. The van der Waals surface area contributed by atoms with Crippen molar-refractivity contribution in [2.45, 2.75) is 13.5 Å². The largest absolute Gasteiger partial charge is 0.494 e. The lowest BCUT2D eigenvalue weighted by Crippen LogP contribution is -2.13. The van der Waals surface area contributed by atoms with Gasteiger partial charge in [-0.3, -0.25) is 4.79 Å². The van der Waals surface area contributed by atoms with Gasteiger partial charge in [0.1, 0.15) is 24.0 Å². The van der Waals surface area contributed by atoms with Gasteiger partial charge in [0.25, 0.3) is 5.91 Å². The Morgan fingerprint density at radius 3 is 2.59 bits per heavy atom. The van der Waals surface area contributed by atoms with Crippen molar-refractivity contribution >= 4 is 45.2 Å². The number of halogens is 2. The molecule has 6 nitrogen and oxygen atoms in total. The topological polar surface area (TPSA) is 80.6 Å². The lowest BCUT2D eigenvalue weighted by Gasteiger charge is -2.14. The van der Waals surface area contributed by atoms with Gasteiger partial charge in [0.2, 0.25) is 0 Å². The summed E-state index contributed by atoms with van der Waals surface area (Å²) in [5, 5.41) is 12.6. The standard InChI is InChI=1S/C26H22BrClN2O4/c1-3-33-22-6-4-5-21(14-22)30-26(31)19(15-29)11-18-12-23(28)25(24(13-18)32-2)34-16-17-7-9-20(27)10-8-17/h4-14H,3,16H2,1-2H3,(H,30,31)/b19-11-. The molecule has 0 spiro atoms. The number of amides is 1. The van der Waals surface area contributed by atoms with Gasteiger partial charge in [-0.15, -0.1) is 0 Å². The summed E-state index contributed by atoms with van der Waals surface area (Å²) in [5.41, 5.74) is 1.91. The third-order valence-corrected chi connectivity index (χ3v) is 5.44. The van der Waals surface area contributed by atoms with Crippen molar-refractivity contribution in [2.75, 3.05) is 19.0 Å². The zero-order valence-electron chi connectivity index (χ0n) is 18.6. The number of hydrogen-bond donors (Lipinski definition) is 1. The smallest absolute Gasteiger partial charge is 0.266 e. The third kappa shape index (κ3) is 6.77. The summed E-state index contributed by atoms with van der Waals surface area (Å²) in [5.74, 6) is 0.831. The second-order valence-corrected chi connectivity index (χ2v) is 8.36. The fourth-order valence-corrected chi connectivity index (χ4v) is 3.58. The van der Waals surface area contributed by atoms with Crippen LogP contribution in [0.5, 0.6) is 17.2 Å². The van der Waals surface area contributed by atoms with Gasteiger partial charge in [0.15, 0.2) is 11.5 Å². The van der Waals surface area contributed by atoms with E-state index in [0.29, 0.717) is 46.7 Å². The molecule has 0 atom stereocenters. The van der Waals surface area contributed by atoms with Crippen LogP contribution in [0.2, 0.25) is 5.02 Å². The van der Waals surface area contributed by atoms with Crippen molar-refractivity contribution in [3.8, 4) is 23.3 Å². The minimum absolute atomic E-state index is 0.0940. The van der Waals surface area contributed by atoms with Crippen LogP contribution in [-0.4, -0.2) is 19.6 Å². The monoisotopic (exact) mass is 540 g/mol. The van der Waals surface area contributed by atoms with Crippen LogP contribution in [0.15, 0.2) is 70.7 Å². The summed E-state index contributed by atoms with van der Waals surface area (Å²) in [6.45, 7) is 2.68. The number of carbonyl (C=O) groups is 1. The Bertz CT molecular complexity index is 1240. The molecule has 0 aromatic heterocycles. The number of carbonyl (C=O) groups excluding carboxylic acids is 1. The van der Waals surface area contributed by atoms with Crippen molar-refractivity contribution in [1.29, 1.82) is 5.26 Å². The minimum atomic E-state index is -0.554. The number of anilines is 1. The van der Waals surface area contributed by atoms with Gasteiger partial charge < -0.3 is 19.5 Å². The molecule has 1 amide bonds. The van der Waals surface area contributed by atoms with Crippen molar-refractivity contribution in [3.63, 3.8) is 0 Å². The molecule has 0 saturated carbocycles. The summed E-state index contributed by atoms with van der Waals surface area (Å²) in [6.07, 6.45) is 1.44. The molecule has 0 heterocycles. The van der Waals surface area contributed by atoms with Crippen LogP contribution >= 0.6 is 27.5 Å². The van der Waals surface area contributed by atoms with Crippen LogP contribution in [0.4, 0.5) is 5.69 Å². The van der Waals surface area contributed by atoms with Gasteiger partial charge in [-0.05, 0) is 60.5 Å². The highest BCUT2D eigenvalue weighted by molar-refractivity contribution is 9.10. The summed E-state index contributed by atoms with van der Waals surface area (Å²) in [4.78, 5) is 12.7. The lowest BCUT2D eigenvalue weighted by atomic mass is 10.1. The van der Waals surface area contributed by atoms with E-state index in [0.717, 1.165) is 10.0 Å². The van der Waals surface area contributed by atoms with Gasteiger partial charge >= 0.3 is 0 Å². The first-order valence-electron chi connectivity index (χ1n) is 10.3. The number of benzene rings is 3. The predicted octanol–water partition coefficient (Wildman–Crippen LogP) is 6.63. The normalized spacial score (nSPS) is 10.9. The van der Waals surface area contributed by atoms with E-state index in [4.69, 9.17) is 25.8 Å². The van der Waals surface area contributed by atoms with Gasteiger partial charge in [-0.25, -0.2) is 0 Å². The highest BCUT2D eigenvalue weighted by atomic mass is 79.9. The third-order valence-electron chi connectivity index (χ3n) is 4.63. The molecular formula is C26H22BrClN2O4. The molecule has 3 aromatic rings. The van der Waals surface area contributed by atoms with E-state index in [2.05, 4.69) is 21.2 Å². The molecule has 1 N–H and O–H groups in total. The number of nitrogens with zero attached hydrogens (tertiary/aromatic N) is 1. The Hall–Kier alpha value is -3.47. The first kappa shape index (κ1) is 25.2. The summed E-state index contributed by atoms with van der Waals surface area (Å²) < 4.78 is 17.7. The van der Waals surface area contributed by atoms with Crippen LogP contribution in [0.1, 0.15) is 18.1 Å². The van der Waals surface area contributed by atoms with E-state index in [9.17, 15) is 10.1 Å². The number of methoxy groups -OCH3 is 1. The molecule has 0 fully saturated rings. The first-order valence-corrected chi connectivity index (χ1v) is 11.5. The SMILES string of the molecule is CCOc1cccc(NC(=O)/C(C#N)=C\c2cc(Cl)c(OCc3ccc(Br)cc3)c(OC)c2)c1. The second-order valence-electron chi connectivity index (χ2n) is 7.03. The Balaban J connectivity index is 1.79. The minimum Gasteiger partial charge on any atom is -0.494 e. The van der Waals surface area contributed by atoms with Crippen molar-refractivity contribution in [2.24, 2.45) is 0 Å². The molecular weight excluding hydrogens is 520 g/mol. The molecule has 0 aliphatic carbocycles. The molecule has 0 bridgehead atoms. The van der Waals surface area contributed by atoms with Gasteiger partial charge in [-0.2, -0.15) is 5.26 Å². The number of nitrogens with one attached hydrogen (secondary N) is 1. The maximum absolute atomic E-state index is 12.7. The average molecular weight is 542 g/mol. The molecule has 34 heavy (non-hydrogen) atoms. The molecule has 3 aromatic carbocycles. The van der Waals surface area contributed by atoms with Crippen molar-refractivity contribution in [1.82, 2.24) is 0 Å². The zero-order valence-corrected chi connectivity index (χ0v) is 20.9. The van der Waals surface area contributed by atoms with Gasteiger partial charge in [-0.1, -0.05) is 45.7 Å². The summed E-state index contributed by atoms with van der Waals surface area (Å²) >= 11 is 9.85. The van der Waals surface area contributed by atoms with E-state index in [1.807, 2.05) is 37.3 Å². The van der Waals surface area contributed by atoms with E-state index >= 15 is 0 Å². The molecule has 0 aliphatic heterocycles. The molecule has 0 saturated heterocycles. The van der Waals surface area contributed by atoms with Crippen LogP contribution in [0.3, 0.4) is 0 Å². The molecule has 3 rings (SSSR count). The number of rotatable bonds is 9. The molecule has 174 valence electrons. The fourth-order valence-electron chi connectivity index (χ4n) is 3.04. The quantitative estimate of drug-likeness (QED) is 0.243. The lowest BCUT2D eigenvalue weighted by molar-refractivity contribution is -0.112. The van der Waals surface area contributed by atoms with E-state index in [1.54, 1.807) is 36.4 Å². The van der Waals surface area contributed by atoms with Gasteiger partial charge in [0.05, 0.1) is 18.7 Å². The predicted molar refractivity (Wildman–Crippen MR) is 136 cm³/mol. The Morgan fingerprint density at radius 1 is 1.15 bits per heavy atom. The number of hydrogen-bond acceptors (Lipinski definition) is 5. The molecule has 0 radical (unpaired) electrons. The Kier molecular flexibility index (Phi) is 8.97.